The summed E-state index contributed by atoms with van der Waals surface area (Å²) in [6.45, 7) is 0.514. The van der Waals surface area contributed by atoms with E-state index in [4.69, 9.17) is 9.47 Å². The standard InChI is InChI=1S/C22H27FN2O4/c23-17-3-1-16(2-4-17)14-28-21-11-12-24(22(26)13-21)18-7-9-20(10-8-18)29-15-25(27)19-5-6-19/h1-3,7,9-13,17-19,22,26-27H,4-6,8,14-15H2. The fraction of sp³-hybridized carbons (Fsp3) is 0.455. The summed E-state index contributed by atoms with van der Waals surface area (Å²) in [5.74, 6) is 1.31. The Morgan fingerprint density at radius 3 is 2.59 bits per heavy atom. The quantitative estimate of drug-likeness (QED) is 0.480. The Balaban J connectivity index is 1.23. The topological polar surface area (TPSA) is 65.4 Å². The van der Waals surface area contributed by atoms with Crippen molar-refractivity contribution in [1.82, 2.24) is 9.96 Å². The summed E-state index contributed by atoms with van der Waals surface area (Å²) in [6.07, 6.45) is 17.6. The van der Waals surface area contributed by atoms with E-state index in [9.17, 15) is 14.7 Å². The molecule has 4 aliphatic rings. The molecule has 1 fully saturated rings. The van der Waals surface area contributed by atoms with Gasteiger partial charge in [0.2, 0.25) is 0 Å². The first-order valence-corrected chi connectivity index (χ1v) is 10.0. The lowest BCUT2D eigenvalue weighted by atomic mass is 10.0. The lowest BCUT2D eigenvalue weighted by Gasteiger charge is -2.34. The Kier molecular flexibility index (Phi) is 6.18. The molecule has 0 aromatic carbocycles. The Hall–Kier alpha value is -2.35. The molecule has 3 atom stereocenters. The maximum atomic E-state index is 13.1. The van der Waals surface area contributed by atoms with Gasteiger partial charge >= 0.3 is 0 Å². The molecule has 1 saturated carbocycles. The van der Waals surface area contributed by atoms with Crippen LogP contribution >= 0.6 is 0 Å². The van der Waals surface area contributed by atoms with Crippen LogP contribution in [0.5, 0.6) is 0 Å². The first-order chi connectivity index (χ1) is 14.1. The number of aliphatic hydroxyl groups excluding tert-OH is 1. The Labute approximate surface area is 170 Å². The molecular formula is C22H27FN2O4. The molecule has 0 bridgehead atoms. The normalized spacial score (nSPS) is 28.9. The molecule has 156 valence electrons. The van der Waals surface area contributed by atoms with Crippen molar-refractivity contribution in [3.8, 4) is 0 Å². The molecule has 1 aliphatic heterocycles. The summed E-state index contributed by atoms with van der Waals surface area (Å²) >= 11 is 0. The van der Waals surface area contributed by atoms with Gasteiger partial charge in [0.25, 0.3) is 0 Å². The number of rotatable bonds is 8. The van der Waals surface area contributed by atoms with Crippen molar-refractivity contribution in [2.75, 3.05) is 13.3 Å². The van der Waals surface area contributed by atoms with Crippen LogP contribution in [0, 0.1) is 0 Å². The highest BCUT2D eigenvalue weighted by Crippen LogP contribution is 2.26. The van der Waals surface area contributed by atoms with Gasteiger partial charge in [-0.1, -0.05) is 24.3 Å². The van der Waals surface area contributed by atoms with Crippen molar-refractivity contribution in [3.05, 3.63) is 71.9 Å². The maximum absolute atomic E-state index is 13.1. The third-order valence-corrected chi connectivity index (χ3v) is 5.32. The molecule has 7 heteroatoms. The number of halogens is 1. The van der Waals surface area contributed by atoms with E-state index in [0.29, 0.717) is 25.2 Å². The molecule has 1 heterocycles. The van der Waals surface area contributed by atoms with Crippen LogP contribution < -0.4 is 0 Å². The third-order valence-electron chi connectivity index (χ3n) is 5.32. The van der Waals surface area contributed by atoms with Crippen LogP contribution in [0.1, 0.15) is 25.7 Å². The zero-order valence-electron chi connectivity index (χ0n) is 16.2. The number of hydrogen-bond acceptors (Lipinski definition) is 6. The molecule has 3 aliphatic carbocycles. The molecule has 3 unspecified atom stereocenters. The summed E-state index contributed by atoms with van der Waals surface area (Å²) in [6, 6.07) is 0.240. The zero-order valence-corrected chi connectivity index (χ0v) is 16.2. The lowest BCUT2D eigenvalue weighted by molar-refractivity contribution is -0.155. The van der Waals surface area contributed by atoms with E-state index >= 15 is 0 Å². The van der Waals surface area contributed by atoms with Crippen LogP contribution in [-0.2, 0) is 9.47 Å². The largest absolute Gasteiger partial charge is 0.489 e. The van der Waals surface area contributed by atoms with E-state index in [1.165, 1.54) is 11.1 Å². The third kappa shape index (κ3) is 5.38. The second-order valence-electron chi connectivity index (χ2n) is 7.64. The summed E-state index contributed by atoms with van der Waals surface area (Å²) in [5.41, 5.74) is 0.932. The summed E-state index contributed by atoms with van der Waals surface area (Å²) in [5, 5.41) is 21.5. The van der Waals surface area contributed by atoms with Gasteiger partial charge in [-0.3, -0.25) is 0 Å². The number of hydrogen-bond donors (Lipinski definition) is 2. The highest BCUT2D eigenvalue weighted by Gasteiger charge is 2.28. The van der Waals surface area contributed by atoms with Crippen LogP contribution in [0.15, 0.2) is 71.9 Å². The van der Waals surface area contributed by atoms with Crippen molar-refractivity contribution in [3.63, 3.8) is 0 Å². The van der Waals surface area contributed by atoms with E-state index in [-0.39, 0.29) is 18.8 Å². The summed E-state index contributed by atoms with van der Waals surface area (Å²) in [4.78, 5) is 1.84. The molecule has 0 radical (unpaired) electrons. The van der Waals surface area contributed by atoms with Gasteiger partial charge in [-0.05, 0) is 43.1 Å². The van der Waals surface area contributed by atoms with Gasteiger partial charge in [-0.15, -0.1) is 0 Å². The van der Waals surface area contributed by atoms with E-state index in [2.05, 4.69) is 0 Å². The lowest BCUT2D eigenvalue weighted by Crippen LogP contribution is -2.39. The minimum atomic E-state index is -0.910. The van der Waals surface area contributed by atoms with Crippen molar-refractivity contribution < 1.29 is 24.2 Å². The number of allylic oxidation sites excluding steroid dienone is 4. The number of nitrogens with zero attached hydrogens (tertiary/aromatic N) is 2. The van der Waals surface area contributed by atoms with Gasteiger partial charge in [0.15, 0.2) is 6.73 Å². The average Bonchev–Trinajstić information content (AvgIpc) is 3.58. The van der Waals surface area contributed by atoms with Crippen molar-refractivity contribution >= 4 is 0 Å². The Morgan fingerprint density at radius 2 is 1.93 bits per heavy atom. The molecule has 0 aromatic rings. The van der Waals surface area contributed by atoms with Crippen LogP contribution in [0.3, 0.4) is 0 Å². The highest BCUT2D eigenvalue weighted by atomic mass is 19.1. The molecule has 0 amide bonds. The van der Waals surface area contributed by atoms with Crippen LogP contribution in [0.25, 0.3) is 0 Å². The van der Waals surface area contributed by atoms with Crippen LogP contribution in [-0.4, -0.2) is 58.1 Å². The van der Waals surface area contributed by atoms with Gasteiger partial charge < -0.3 is 24.7 Å². The van der Waals surface area contributed by atoms with E-state index in [0.717, 1.165) is 24.2 Å². The molecule has 0 spiro atoms. The average molecular weight is 402 g/mol. The zero-order chi connectivity index (χ0) is 20.2. The fourth-order valence-corrected chi connectivity index (χ4v) is 3.39. The van der Waals surface area contributed by atoms with Crippen molar-refractivity contribution in [1.29, 1.82) is 0 Å². The van der Waals surface area contributed by atoms with Gasteiger partial charge in [-0.2, -0.15) is 5.06 Å². The van der Waals surface area contributed by atoms with Gasteiger partial charge in [0, 0.05) is 24.7 Å². The molecule has 2 N–H and O–H groups in total. The number of hydroxylamine groups is 2. The predicted octanol–water partition coefficient (Wildman–Crippen LogP) is 3.30. The van der Waals surface area contributed by atoms with Crippen LogP contribution in [0.2, 0.25) is 0 Å². The minimum Gasteiger partial charge on any atom is -0.489 e. The summed E-state index contributed by atoms with van der Waals surface area (Å²) < 4.78 is 24.4. The number of ether oxygens (including phenoxy) is 2. The van der Waals surface area contributed by atoms with Crippen LogP contribution in [0.4, 0.5) is 4.39 Å². The molecule has 6 nitrogen and oxygen atoms in total. The molecule has 0 saturated heterocycles. The van der Waals surface area contributed by atoms with Gasteiger partial charge in [0.1, 0.15) is 30.5 Å². The van der Waals surface area contributed by atoms with Gasteiger partial charge in [0.05, 0.1) is 6.04 Å². The smallest absolute Gasteiger partial charge is 0.164 e. The summed E-state index contributed by atoms with van der Waals surface area (Å²) in [7, 11) is 0. The maximum Gasteiger partial charge on any atom is 0.164 e. The minimum absolute atomic E-state index is 0.00513. The van der Waals surface area contributed by atoms with Gasteiger partial charge in [-0.25, -0.2) is 4.39 Å². The Morgan fingerprint density at radius 1 is 1.07 bits per heavy atom. The first-order valence-electron chi connectivity index (χ1n) is 10.0. The second-order valence-corrected chi connectivity index (χ2v) is 7.64. The molecule has 0 aromatic heterocycles. The van der Waals surface area contributed by atoms with Crippen molar-refractivity contribution in [2.24, 2.45) is 0 Å². The molecule has 29 heavy (non-hydrogen) atoms. The second kappa shape index (κ2) is 8.98. The van der Waals surface area contributed by atoms with Crippen molar-refractivity contribution in [2.45, 2.75) is 50.2 Å². The molecular weight excluding hydrogens is 375 g/mol. The fourth-order valence-electron chi connectivity index (χ4n) is 3.39. The number of aliphatic hydroxyl groups is 1. The monoisotopic (exact) mass is 402 g/mol. The Bertz CT molecular complexity index is 782. The predicted molar refractivity (Wildman–Crippen MR) is 106 cm³/mol. The first kappa shape index (κ1) is 19.9. The van der Waals surface area contributed by atoms with E-state index < -0.39 is 12.4 Å². The van der Waals surface area contributed by atoms with E-state index in [1.54, 1.807) is 12.2 Å². The SMILES string of the molecule is OC1C=C(OCC2=CCC(F)C=C2)C=CN1C1C=CC(OCN(O)C2CC2)=CC1. The number of alkyl halides is 1. The molecule has 4 rings (SSSR count). The highest BCUT2D eigenvalue weighted by molar-refractivity contribution is 5.28. The van der Waals surface area contributed by atoms with E-state index in [1.807, 2.05) is 41.5 Å².